The van der Waals surface area contributed by atoms with Crippen molar-refractivity contribution in [1.82, 2.24) is 10.6 Å². The summed E-state index contributed by atoms with van der Waals surface area (Å²) in [6, 6.07) is 6.54. The van der Waals surface area contributed by atoms with Gasteiger partial charge in [0.05, 0.1) is 4.90 Å². The van der Waals surface area contributed by atoms with E-state index < -0.39 is 10.0 Å². The van der Waals surface area contributed by atoms with E-state index in [0.29, 0.717) is 12.5 Å². The van der Waals surface area contributed by atoms with Gasteiger partial charge in [0.15, 0.2) is 5.96 Å². The number of rotatable bonds is 6. The van der Waals surface area contributed by atoms with E-state index in [-0.39, 0.29) is 9.64 Å². The molecule has 22 heavy (non-hydrogen) atoms. The highest BCUT2D eigenvalue weighted by Gasteiger charge is 2.16. The highest BCUT2D eigenvalue weighted by molar-refractivity contribution is 7.99. The average Bonchev–Trinajstić information content (AvgIpc) is 2.47. The molecular weight excluding hydrogens is 320 g/mol. The van der Waals surface area contributed by atoms with Crippen LogP contribution in [0.4, 0.5) is 0 Å². The molecule has 0 aliphatic carbocycles. The number of thioether (sulfide) groups is 1. The van der Waals surface area contributed by atoms with Gasteiger partial charge in [-0.1, -0.05) is 12.1 Å². The van der Waals surface area contributed by atoms with E-state index in [1.165, 1.54) is 6.07 Å². The van der Waals surface area contributed by atoms with Crippen LogP contribution in [0.3, 0.4) is 0 Å². The molecule has 6 nitrogen and oxygen atoms in total. The van der Waals surface area contributed by atoms with Crippen molar-refractivity contribution in [3.8, 4) is 0 Å². The molecule has 0 aromatic heterocycles. The highest BCUT2D eigenvalue weighted by Crippen LogP contribution is 2.19. The molecule has 0 spiro atoms. The minimum atomic E-state index is -3.68. The molecule has 0 bridgehead atoms. The summed E-state index contributed by atoms with van der Waals surface area (Å²) in [6.45, 7) is 5.52. The molecule has 0 fully saturated rings. The maximum Gasteiger partial charge on any atom is 0.238 e. The van der Waals surface area contributed by atoms with Gasteiger partial charge < -0.3 is 10.6 Å². The molecule has 8 heteroatoms. The van der Waals surface area contributed by atoms with Crippen LogP contribution in [0.1, 0.15) is 19.4 Å². The van der Waals surface area contributed by atoms with Crippen molar-refractivity contribution >= 4 is 27.7 Å². The summed E-state index contributed by atoms with van der Waals surface area (Å²) in [6.07, 6.45) is 2.07. The van der Waals surface area contributed by atoms with Crippen LogP contribution >= 0.6 is 11.8 Å². The number of hydrogen-bond acceptors (Lipinski definition) is 4. The third-order valence-electron chi connectivity index (χ3n) is 3.14. The number of nitrogens with zero attached hydrogens (tertiary/aromatic N) is 1. The van der Waals surface area contributed by atoms with Crippen molar-refractivity contribution in [3.05, 3.63) is 29.8 Å². The fraction of sp³-hybridized carbons (Fsp3) is 0.500. The molecule has 0 radical (unpaired) electrons. The molecule has 1 rings (SSSR count). The van der Waals surface area contributed by atoms with E-state index in [2.05, 4.69) is 35.7 Å². The fourth-order valence-electron chi connectivity index (χ4n) is 1.61. The normalized spacial score (nSPS) is 13.0. The zero-order valence-corrected chi connectivity index (χ0v) is 15.0. The van der Waals surface area contributed by atoms with Gasteiger partial charge in [-0.15, -0.1) is 0 Å². The number of primary sulfonamides is 1. The lowest BCUT2D eigenvalue weighted by atomic mass is 10.2. The maximum absolute atomic E-state index is 11.3. The molecule has 1 aromatic carbocycles. The Labute approximate surface area is 137 Å². The lowest BCUT2D eigenvalue weighted by Gasteiger charge is -2.23. The number of hydrogen-bond donors (Lipinski definition) is 3. The molecule has 0 unspecified atom stereocenters. The largest absolute Gasteiger partial charge is 0.355 e. The molecule has 0 atom stereocenters. The van der Waals surface area contributed by atoms with Crippen LogP contribution in [0.5, 0.6) is 0 Å². The lowest BCUT2D eigenvalue weighted by molar-refractivity contribution is 0.597. The van der Waals surface area contributed by atoms with Gasteiger partial charge in [0.1, 0.15) is 0 Å². The second-order valence-electron chi connectivity index (χ2n) is 5.44. The molecule has 0 aliphatic rings. The molecular formula is C14H24N4O2S2. The van der Waals surface area contributed by atoms with Crippen LogP contribution in [0.15, 0.2) is 34.2 Å². The summed E-state index contributed by atoms with van der Waals surface area (Å²) in [4.78, 5) is 4.26. The summed E-state index contributed by atoms with van der Waals surface area (Å²) in [7, 11) is -1.98. The average molecular weight is 345 g/mol. The van der Waals surface area contributed by atoms with E-state index >= 15 is 0 Å². The van der Waals surface area contributed by atoms with Crippen molar-refractivity contribution in [1.29, 1.82) is 0 Å². The van der Waals surface area contributed by atoms with Crippen LogP contribution in [0, 0.1) is 0 Å². The Bertz CT molecular complexity index is 627. The minimum absolute atomic E-state index is 0.102. The molecule has 1 aromatic rings. The highest BCUT2D eigenvalue weighted by atomic mass is 32.2. The SMILES string of the molecule is CN=C(NCc1cccc(S(N)(=O)=O)c1)NCC(C)(C)SC. The van der Waals surface area contributed by atoms with Crippen LogP contribution in [0.2, 0.25) is 0 Å². The van der Waals surface area contributed by atoms with Gasteiger partial charge in [-0.25, -0.2) is 13.6 Å². The van der Waals surface area contributed by atoms with Crippen LogP contribution in [-0.2, 0) is 16.6 Å². The molecule has 0 saturated carbocycles. The van der Waals surface area contributed by atoms with E-state index in [1.807, 2.05) is 6.07 Å². The van der Waals surface area contributed by atoms with Crippen molar-refractivity contribution < 1.29 is 8.42 Å². The number of aliphatic imine (C=N–C) groups is 1. The third-order valence-corrected chi connectivity index (χ3v) is 5.31. The fourth-order valence-corrected chi connectivity index (χ4v) is 2.41. The molecule has 0 heterocycles. The number of nitrogens with two attached hydrogens (primary N) is 1. The first-order chi connectivity index (χ1) is 10.2. The second kappa shape index (κ2) is 7.85. The summed E-state index contributed by atoms with van der Waals surface area (Å²) < 4.78 is 22.8. The standard InChI is InChI=1S/C14H24N4O2S2/c1-14(2,21-4)10-18-13(16-3)17-9-11-6-5-7-12(8-11)22(15,19)20/h5-8H,9-10H2,1-4H3,(H2,15,19,20)(H2,16,17,18). The molecule has 0 amide bonds. The van der Waals surface area contributed by atoms with Gasteiger partial charge in [0.25, 0.3) is 0 Å². The van der Waals surface area contributed by atoms with Crippen LogP contribution in [-0.4, -0.2) is 39.0 Å². The molecule has 0 aliphatic heterocycles. The minimum Gasteiger partial charge on any atom is -0.355 e. The first-order valence-corrected chi connectivity index (χ1v) is 9.56. The molecule has 124 valence electrons. The van der Waals surface area contributed by atoms with Gasteiger partial charge >= 0.3 is 0 Å². The van der Waals surface area contributed by atoms with E-state index in [0.717, 1.165) is 12.1 Å². The Morgan fingerprint density at radius 1 is 1.36 bits per heavy atom. The Morgan fingerprint density at radius 2 is 2.05 bits per heavy atom. The Hall–Kier alpha value is -1.25. The predicted octanol–water partition coefficient (Wildman–Crippen LogP) is 1.14. The molecule has 0 saturated heterocycles. The van der Waals surface area contributed by atoms with Crippen molar-refractivity contribution in [3.63, 3.8) is 0 Å². The summed E-state index contributed by atoms with van der Waals surface area (Å²) >= 11 is 1.77. The van der Waals surface area contributed by atoms with Gasteiger partial charge in [0, 0.05) is 24.9 Å². The third kappa shape index (κ3) is 6.25. The topological polar surface area (TPSA) is 96.6 Å². The Morgan fingerprint density at radius 3 is 2.59 bits per heavy atom. The summed E-state index contributed by atoms with van der Waals surface area (Å²) in [5.41, 5.74) is 0.818. The van der Waals surface area contributed by atoms with Crippen LogP contribution in [0.25, 0.3) is 0 Å². The first kappa shape index (κ1) is 18.8. The number of benzene rings is 1. The predicted molar refractivity (Wildman–Crippen MR) is 93.6 cm³/mol. The van der Waals surface area contributed by atoms with Crippen molar-refractivity contribution in [2.75, 3.05) is 19.8 Å². The van der Waals surface area contributed by atoms with Gasteiger partial charge in [-0.05, 0) is 37.8 Å². The van der Waals surface area contributed by atoms with Gasteiger partial charge in [0.2, 0.25) is 10.0 Å². The molecule has 4 N–H and O–H groups in total. The summed E-state index contributed by atoms with van der Waals surface area (Å²) in [5, 5.41) is 11.5. The van der Waals surface area contributed by atoms with E-state index in [9.17, 15) is 8.42 Å². The number of nitrogens with one attached hydrogen (secondary N) is 2. The van der Waals surface area contributed by atoms with E-state index in [4.69, 9.17) is 5.14 Å². The smallest absolute Gasteiger partial charge is 0.238 e. The quantitative estimate of drug-likeness (QED) is 0.531. The Kier molecular flexibility index (Phi) is 6.70. The van der Waals surface area contributed by atoms with Gasteiger partial charge in [-0.2, -0.15) is 11.8 Å². The van der Waals surface area contributed by atoms with Crippen LogP contribution < -0.4 is 15.8 Å². The van der Waals surface area contributed by atoms with Crippen molar-refractivity contribution in [2.45, 2.75) is 30.0 Å². The zero-order valence-electron chi connectivity index (χ0n) is 13.4. The van der Waals surface area contributed by atoms with E-state index in [1.54, 1.807) is 30.9 Å². The zero-order chi connectivity index (χ0) is 16.8. The maximum atomic E-state index is 11.3. The van der Waals surface area contributed by atoms with Crippen molar-refractivity contribution in [2.24, 2.45) is 10.1 Å². The second-order valence-corrected chi connectivity index (χ2v) is 8.51. The van der Waals surface area contributed by atoms with Gasteiger partial charge in [-0.3, -0.25) is 4.99 Å². The monoisotopic (exact) mass is 344 g/mol. The Balaban J connectivity index is 2.65. The number of guanidine groups is 1. The summed E-state index contributed by atoms with van der Waals surface area (Å²) in [5.74, 6) is 0.670. The first-order valence-electron chi connectivity index (χ1n) is 6.79. The number of sulfonamides is 1. The lowest BCUT2D eigenvalue weighted by Crippen LogP contribution is -2.43.